The molecule has 0 aromatic carbocycles. The van der Waals surface area contributed by atoms with Gasteiger partial charge in [0.25, 0.3) is 5.91 Å². The molecule has 6 heteroatoms. The Kier molecular flexibility index (Phi) is 4.55. The summed E-state index contributed by atoms with van der Waals surface area (Å²) in [6, 6.07) is 1.88. The molecule has 0 spiro atoms. The Hall–Kier alpha value is -1.40. The Morgan fingerprint density at radius 3 is 2.95 bits per heavy atom. The highest BCUT2D eigenvalue weighted by Crippen LogP contribution is 2.17. The van der Waals surface area contributed by atoms with E-state index in [9.17, 15) is 4.79 Å². The lowest BCUT2D eigenvalue weighted by atomic mass is 10.1. The zero-order valence-corrected chi connectivity index (χ0v) is 12.7. The number of hydrogen-bond donors (Lipinski definition) is 1. The predicted octanol–water partition coefficient (Wildman–Crippen LogP) is 0.670. The fourth-order valence-corrected chi connectivity index (χ4v) is 3.14. The average molecular weight is 292 g/mol. The van der Waals surface area contributed by atoms with E-state index in [1.807, 2.05) is 10.7 Å². The Morgan fingerprint density at radius 2 is 2.24 bits per heavy atom. The van der Waals surface area contributed by atoms with E-state index in [4.69, 9.17) is 4.74 Å². The molecule has 21 heavy (non-hydrogen) atoms. The van der Waals surface area contributed by atoms with Crippen LogP contribution in [0.5, 0.6) is 0 Å². The van der Waals surface area contributed by atoms with Crippen molar-refractivity contribution in [1.82, 2.24) is 20.0 Å². The Bertz CT molecular complexity index is 470. The second-order valence-electron chi connectivity index (χ2n) is 5.92. The van der Waals surface area contributed by atoms with Crippen molar-refractivity contribution in [3.8, 4) is 0 Å². The number of fused-ring (bicyclic) bond motifs is 1. The summed E-state index contributed by atoms with van der Waals surface area (Å²) < 4.78 is 7.20. The summed E-state index contributed by atoms with van der Waals surface area (Å²) in [5.74, 6) is -0.0668. The molecule has 3 heterocycles. The molecule has 1 saturated heterocycles. The van der Waals surface area contributed by atoms with Gasteiger partial charge >= 0.3 is 0 Å². The van der Waals surface area contributed by atoms with Gasteiger partial charge in [0.15, 0.2) is 0 Å². The molecular formula is C15H24N4O2. The van der Waals surface area contributed by atoms with Crippen molar-refractivity contribution in [2.45, 2.75) is 38.3 Å². The molecule has 2 aliphatic heterocycles. The lowest BCUT2D eigenvalue weighted by Gasteiger charge is -2.26. The second kappa shape index (κ2) is 6.58. The van der Waals surface area contributed by atoms with E-state index >= 15 is 0 Å². The van der Waals surface area contributed by atoms with Crippen molar-refractivity contribution in [3.63, 3.8) is 0 Å². The van der Waals surface area contributed by atoms with Crippen LogP contribution in [-0.4, -0.2) is 60.0 Å². The number of carbonyl (C=O) groups excluding carboxylic acids is 1. The number of methoxy groups -OCH3 is 1. The number of amides is 1. The molecule has 1 fully saturated rings. The maximum atomic E-state index is 12.1. The van der Waals surface area contributed by atoms with Crippen LogP contribution in [0, 0.1) is 0 Å². The van der Waals surface area contributed by atoms with Crippen molar-refractivity contribution >= 4 is 5.91 Å². The molecule has 1 amide bonds. The van der Waals surface area contributed by atoms with E-state index in [1.54, 1.807) is 7.11 Å². The van der Waals surface area contributed by atoms with E-state index in [-0.39, 0.29) is 12.0 Å². The fourth-order valence-electron chi connectivity index (χ4n) is 3.14. The number of piperidine rings is 1. The zero-order valence-electron chi connectivity index (χ0n) is 12.7. The standard InChI is InChI=1S/C15H24N4O2/c1-21-13-9-12-10-14(17-19(12)11-13)15(20)16-5-8-18-6-3-2-4-7-18/h10,13H,2-9,11H2,1H3,(H,16,20)/t13-/m0/s1. The maximum Gasteiger partial charge on any atom is 0.271 e. The first kappa shape index (κ1) is 14.5. The summed E-state index contributed by atoms with van der Waals surface area (Å²) in [6.45, 7) is 4.69. The SMILES string of the molecule is CO[C@H]1Cc2cc(C(=O)NCCN3CCCCC3)nn2C1. The number of ether oxygens (including phenoxy) is 1. The molecule has 0 saturated carbocycles. The summed E-state index contributed by atoms with van der Waals surface area (Å²) in [6.07, 6.45) is 4.93. The van der Waals surface area contributed by atoms with Gasteiger partial charge in [-0.2, -0.15) is 5.10 Å². The molecular weight excluding hydrogens is 268 g/mol. The van der Waals surface area contributed by atoms with E-state index in [1.165, 1.54) is 19.3 Å². The van der Waals surface area contributed by atoms with Gasteiger partial charge in [-0.25, -0.2) is 0 Å². The highest BCUT2D eigenvalue weighted by molar-refractivity contribution is 5.92. The normalized spacial score (nSPS) is 22.2. The van der Waals surface area contributed by atoms with Crippen LogP contribution in [-0.2, 0) is 17.7 Å². The minimum Gasteiger partial charge on any atom is -0.379 e. The van der Waals surface area contributed by atoms with Gasteiger partial charge in [0.1, 0.15) is 5.69 Å². The molecule has 0 aliphatic carbocycles. The van der Waals surface area contributed by atoms with Crippen LogP contribution in [0.1, 0.15) is 35.4 Å². The number of rotatable bonds is 5. The summed E-state index contributed by atoms with van der Waals surface area (Å²) in [4.78, 5) is 14.5. The van der Waals surface area contributed by atoms with Gasteiger partial charge in [0, 0.05) is 32.3 Å². The van der Waals surface area contributed by atoms with Gasteiger partial charge in [-0.15, -0.1) is 0 Å². The van der Waals surface area contributed by atoms with Crippen LogP contribution in [0.3, 0.4) is 0 Å². The topological polar surface area (TPSA) is 59.4 Å². The molecule has 0 bridgehead atoms. The lowest BCUT2D eigenvalue weighted by molar-refractivity contribution is 0.0930. The number of nitrogens with one attached hydrogen (secondary N) is 1. The van der Waals surface area contributed by atoms with Crippen LogP contribution in [0.25, 0.3) is 0 Å². The molecule has 1 aromatic heterocycles. The molecule has 1 N–H and O–H groups in total. The summed E-state index contributed by atoms with van der Waals surface area (Å²) in [7, 11) is 1.71. The summed E-state index contributed by atoms with van der Waals surface area (Å²) in [5.41, 5.74) is 1.61. The third kappa shape index (κ3) is 3.44. The zero-order chi connectivity index (χ0) is 14.7. The van der Waals surface area contributed by atoms with Crippen molar-refractivity contribution in [3.05, 3.63) is 17.5 Å². The minimum absolute atomic E-state index is 0.0668. The fraction of sp³-hybridized carbons (Fsp3) is 0.733. The monoisotopic (exact) mass is 292 g/mol. The number of nitrogens with zero attached hydrogens (tertiary/aromatic N) is 3. The summed E-state index contributed by atoms with van der Waals surface area (Å²) >= 11 is 0. The molecule has 116 valence electrons. The third-order valence-corrected chi connectivity index (χ3v) is 4.40. The predicted molar refractivity (Wildman–Crippen MR) is 79.4 cm³/mol. The first-order valence-corrected chi connectivity index (χ1v) is 7.86. The van der Waals surface area contributed by atoms with E-state index in [2.05, 4.69) is 15.3 Å². The first-order chi connectivity index (χ1) is 10.3. The van der Waals surface area contributed by atoms with Crippen LogP contribution < -0.4 is 5.32 Å². The van der Waals surface area contributed by atoms with Gasteiger partial charge in [-0.3, -0.25) is 9.48 Å². The Balaban J connectivity index is 1.46. The number of aromatic nitrogens is 2. The highest BCUT2D eigenvalue weighted by Gasteiger charge is 2.24. The highest BCUT2D eigenvalue weighted by atomic mass is 16.5. The number of likely N-dealkylation sites (tertiary alicyclic amines) is 1. The quantitative estimate of drug-likeness (QED) is 0.866. The smallest absolute Gasteiger partial charge is 0.271 e. The second-order valence-corrected chi connectivity index (χ2v) is 5.92. The van der Waals surface area contributed by atoms with Crippen molar-refractivity contribution in [2.75, 3.05) is 33.3 Å². The molecule has 1 atom stereocenters. The van der Waals surface area contributed by atoms with Gasteiger partial charge < -0.3 is 15.0 Å². The molecule has 3 rings (SSSR count). The van der Waals surface area contributed by atoms with E-state index in [0.29, 0.717) is 12.2 Å². The van der Waals surface area contributed by atoms with Gasteiger partial charge in [0.2, 0.25) is 0 Å². The van der Waals surface area contributed by atoms with Crippen LogP contribution in [0.4, 0.5) is 0 Å². The van der Waals surface area contributed by atoms with E-state index in [0.717, 1.165) is 38.3 Å². The number of carbonyl (C=O) groups is 1. The Morgan fingerprint density at radius 1 is 1.43 bits per heavy atom. The van der Waals surface area contributed by atoms with Crippen LogP contribution in [0.2, 0.25) is 0 Å². The van der Waals surface area contributed by atoms with Crippen LogP contribution >= 0.6 is 0 Å². The lowest BCUT2D eigenvalue weighted by Crippen LogP contribution is -2.37. The van der Waals surface area contributed by atoms with E-state index < -0.39 is 0 Å². The first-order valence-electron chi connectivity index (χ1n) is 7.86. The van der Waals surface area contributed by atoms with Gasteiger partial charge in [0.05, 0.1) is 12.6 Å². The molecule has 1 aromatic rings. The molecule has 2 aliphatic rings. The number of hydrogen-bond acceptors (Lipinski definition) is 4. The van der Waals surface area contributed by atoms with Crippen LogP contribution in [0.15, 0.2) is 6.07 Å². The maximum absolute atomic E-state index is 12.1. The average Bonchev–Trinajstić information content (AvgIpc) is 3.06. The minimum atomic E-state index is -0.0668. The van der Waals surface area contributed by atoms with Crippen molar-refractivity contribution in [1.29, 1.82) is 0 Å². The largest absolute Gasteiger partial charge is 0.379 e. The van der Waals surface area contributed by atoms with Gasteiger partial charge in [-0.05, 0) is 32.0 Å². The summed E-state index contributed by atoms with van der Waals surface area (Å²) in [5, 5.41) is 7.34. The van der Waals surface area contributed by atoms with Crippen molar-refractivity contribution in [2.24, 2.45) is 0 Å². The molecule has 6 nitrogen and oxygen atoms in total. The van der Waals surface area contributed by atoms with Crippen molar-refractivity contribution < 1.29 is 9.53 Å². The third-order valence-electron chi connectivity index (χ3n) is 4.40. The molecule has 0 unspecified atom stereocenters. The Labute approximate surface area is 125 Å². The molecule has 0 radical (unpaired) electrons. The van der Waals surface area contributed by atoms with Gasteiger partial charge in [-0.1, -0.05) is 6.42 Å².